The Kier molecular flexibility index (Phi) is 7.25. The molecule has 4 nitrogen and oxygen atoms in total. The summed E-state index contributed by atoms with van der Waals surface area (Å²) < 4.78 is 189. The third-order valence-corrected chi connectivity index (χ3v) is 5.04. The molecule has 0 radical (unpaired) electrons. The highest BCUT2D eigenvalue weighted by Gasteiger charge is 2.90. The van der Waals surface area contributed by atoms with Crippen molar-refractivity contribution in [3.8, 4) is 0 Å². The summed E-state index contributed by atoms with van der Waals surface area (Å²) in [5.41, 5.74) is 4.51. The van der Waals surface area contributed by atoms with Crippen molar-refractivity contribution in [1.82, 2.24) is 0 Å². The van der Waals surface area contributed by atoms with Gasteiger partial charge in [0.2, 0.25) is 5.91 Å². The van der Waals surface area contributed by atoms with Crippen LogP contribution in [0, 0.1) is 0 Å². The summed E-state index contributed by atoms with van der Waals surface area (Å²) >= 11 is 0. The number of sulfone groups is 1. The van der Waals surface area contributed by atoms with Gasteiger partial charge in [0.15, 0.2) is 9.84 Å². The fourth-order valence-electron chi connectivity index (χ4n) is 1.60. The first-order valence-corrected chi connectivity index (χ1v) is 8.64. The number of nitrogens with two attached hydrogens (primary N) is 1. The number of alkyl halides is 13. The summed E-state index contributed by atoms with van der Waals surface area (Å²) in [6.07, 6.45) is -11.4. The maximum atomic E-state index is 13.4. The Balaban J connectivity index is 5.91. The Labute approximate surface area is 153 Å². The van der Waals surface area contributed by atoms with E-state index in [1.165, 1.54) is 0 Å². The van der Waals surface area contributed by atoms with Crippen LogP contribution in [0.25, 0.3) is 0 Å². The van der Waals surface area contributed by atoms with Crippen LogP contribution < -0.4 is 5.73 Å². The SMILES string of the molecule is NC(=O)CCS(=O)(=O)CCC(F)(F)C(F)(F)C(F)(F)C(F)(F)C(F)(F)C(F)(F)F. The largest absolute Gasteiger partial charge is 0.460 e. The Morgan fingerprint density at radius 2 is 1.03 bits per heavy atom. The molecule has 0 atom stereocenters. The molecule has 0 aliphatic rings. The highest BCUT2D eigenvalue weighted by molar-refractivity contribution is 7.91. The summed E-state index contributed by atoms with van der Waals surface area (Å²) in [5, 5.41) is 0. The van der Waals surface area contributed by atoms with Crippen molar-refractivity contribution in [2.45, 2.75) is 48.6 Å². The number of primary amides is 1. The van der Waals surface area contributed by atoms with Crippen LogP contribution in [0.1, 0.15) is 12.8 Å². The van der Waals surface area contributed by atoms with Crippen molar-refractivity contribution in [2.24, 2.45) is 5.73 Å². The number of amides is 1. The number of carbonyl (C=O) groups excluding carboxylic acids is 1. The minimum atomic E-state index is -8.05. The molecule has 0 fully saturated rings. The van der Waals surface area contributed by atoms with Crippen LogP contribution in [0.2, 0.25) is 0 Å². The molecular formula is C11H10F13NO3S. The molecule has 0 bridgehead atoms. The van der Waals surface area contributed by atoms with Gasteiger partial charge < -0.3 is 5.73 Å². The zero-order valence-corrected chi connectivity index (χ0v) is 14.3. The number of hydrogen-bond donors (Lipinski definition) is 1. The van der Waals surface area contributed by atoms with E-state index >= 15 is 0 Å². The first-order chi connectivity index (χ1) is 12.4. The molecule has 29 heavy (non-hydrogen) atoms. The molecule has 0 rings (SSSR count). The van der Waals surface area contributed by atoms with Crippen LogP contribution in [0.5, 0.6) is 0 Å². The molecule has 0 aromatic rings. The molecule has 0 aromatic carbocycles. The van der Waals surface area contributed by atoms with Gasteiger partial charge in [-0.3, -0.25) is 4.79 Å². The quantitative estimate of drug-likeness (QED) is 0.484. The molecular weight excluding hydrogens is 473 g/mol. The molecule has 0 aliphatic carbocycles. The highest BCUT2D eigenvalue weighted by Crippen LogP contribution is 2.60. The van der Waals surface area contributed by atoms with Gasteiger partial charge in [-0.15, -0.1) is 0 Å². The molecule has 174 valence electrons. The Morgan fingerprint density at radius 3 is 1.38 bits per heavy atom. The van der Waals surface area contributed by atoms with Crippen LogP contribution in [0.3, 0.4) is 0 Å². The lowest BCUT2D eigenvalue weighted by molar-refractivity contribution is -0.439. The predicted octanol–water partition coefficient (Wildman–Crippen LogP) is 3.41. The van der Waals surface area contributed by atoms with E-state index in [9.17, 15) is 70.3 Å². The minimum Gasteiger partial charge on any atom is -0.370 e. The fourth-order valence-corrected chi connectivity index (χ4v) is 2.88. The van der Waals surface area contributed by atoms with Crippen molar-refractivity contribution < 1.29 is 70.3 Å². The van der Waals surface area contributed by atoms with Crippen molar-refractivity contribution in [1.29, 1.82) is 0 Å². The summed E-state index contributed by atoms with van der Waals surface area (Å²) in [5.74, 6) is -42.7. The lowest BCUT2D eigenvalue weighted by atomic mass is 9.93. The van der Waals surface area contributed by atoms with E-state index in [-0.39, 0.29) is 0 Å². The van der Waals surface area contributed by atoms with Crippen molar-refractivity contribution in [3.63, 3.8) is 0 Å². The minimum absolute atomic E-state index is 1.03. The molecule has 0 aromatic heterocycles. The van der Waals surface area contributed by atoms with E-state index < -0.39 is 75.9 Å². The number of halogens is 13. The summed E-state index contributed by atoms with van der Waals surface area (Å²) in [7, 11) is -4.88. The van der Waals surface area contributed by atoms with Gasteiger partial charge in [-0.1, -0.05) is 0 Å². The fraction of sp³-hybridized carbons (Fsp3) is 0.909. The second-order valence-corrected chi connectivity index (χ2v) is 7.92. The van der Waals surface area contributed by atoms with Gasteiger partial charge in [0.1, 0.15) is 0 Å². The third kappa shape index (κ3) is 4.99. The maximum absolute atomic E-state index is 13.4. The molecule has 0 saturated carbocycles. The number of hydrogen-bond acceptors (Lipinski definition) is 3. The molecule has 0 unspecified atom stereocenters. The van der Waals surface area contributed by atoms with Crippen LogP contribution in [-0.2, 0) is 14.6 Å². The second kappa shape index (κ2) is 7.64. The maximum Gasteiger partial charge on any atom is 0.460 e. The highest BCUT2D eigenvalue weighted by atomic mass is 32.2. The summed E-state index contributed by atoms with van der Waals surface area (Å²) in [6.45, 7) is 0. The molecule has 0 saturated heterocycles. The van der Waals surface area contributed by atoms with Gasteiger partial charge in [0.25, 0.3) is 0 Å². The third-order valence-electron chi connectivity index (χ3n) is 3.38. The molecule has 18 heteroatoms. The van der Waals surface area contributed by atoms with E-state index in [0.29, 0.717) is 0 Å². The monoisotopic (exact) mass is 483 g/mol. The van der Waals surface area contributed by atoms with Gasteiger partial charge in [-0.05, 0) is 0 Å². The first-order valence-electron chi connectivity index (χ1n) is 6.82. The smallest absolute Gasteiger partial charge is 0.370 e. The normalized spacial score (nSPS) is 15.5. The molecule has 0 aliphatic heterocycles. The van der Waals surface area contributed by atoms with E-state index in [0.717, 1.165) is 0 Å². The van der Waals surface area contributed by atoms with Gasteiger partial charge in [0, 0.05) is 12.8 Å². The van der Waals surface area contributed by atoms with Crippen LogP contribution in [0.4, 0.5) is 57.1 Å². The lowest BCUT2D eigenvalue weighted by Crippen LogP contribution is -2.70. The standard InChI is InChI=1S/C11H10F13NO3S/c12-6(13,2-4-29(27,28)3-1-5(25)26)7(14,15)8(16,17)9(18,19)10(20,21)11(22,23)24/h1-4H2,(H2,25,26). The number of carbonyl (C=O) groups is 1. The Bertz CT molecular complexity index is 714. The van der Waals surface area contributed by atoms with E-state index in [4.69, 9.17) is 0 Å². The molecule has 1 amide bonds. The second-order valence-electron chi connectivity index (χ2n) is 5.62. The zero-order valence-electron chi connectivity index (χ0n) is 13.5. The van der Waals surface area contributed by atoms with Gasteiger partial charge in [0.05, 0.1) is 11.5 Å². The molecule has 2 N–H and O–H groups in total. The van der Waals surface area contributed by atoms with Crippen molar-refractivity contribution in [3.05, 3.63) is 0 Å². The van der Waals surface area contributed by atoms with Gasteiger partial charge >= 0.3 is 35.8 Å². The van der Waals surface area contributed by atoms with Gasteiger partial charge in [-0.25, -0.2) is 8.42 Å². The lowest BCUT2D eigenvalue weighted by Gasteiger charge is -2.39. The average molecular weight is 483 g/mol. The van der Waals surface area contributed by atoms with E-state index in [2.05, 4.69) is 5.73 Å². The van der Waals surface area contributed by atoms with Gasteiger partial charge in [-0.2, -0.15) is 57.1 Å². The topological polar surface area (TPSA) is 77.2 Å². The summed E-state index contributed by atoms with van der Waals surface area (Å²) in [4.78, 5) is 10.4. The van der Waals surface area contributed by atoms with E-state index in [1.54, 1.807) is 0 Å². The Morgan fingerprint density at radius 1 is 0.655 bits per heavy atom. The van der Waals surface area contributed by atoms with E-state index in [1.807, 2.05) is 0 Å². The first kappa shape index (κ1) is 27.5. The molecule has 0 spiro atoms. The van der Waals surface area contributed by atoms with Crippen molar-refractivity contribution >= 4 is 15.7 Å². The predicted molar refractivity (Wildman–Crippen MR) is 67.9 cm³/mol. The zero-order chi connectivity index (χ0) is 23.9. The van der Waals surface area contributed by atoms with Crippen LogP contribution in [-0.4, -0.2) is 61.6 Å². The van der Waals surface area contributed by atoms with Crippen molar-refractivity contribution in [2.75, 3.05) is 11.5 Å². The van der Waals surface area contributed by atoms with Crippen LogP contribution >= 0.6 is 0 Å². The number of rotatable bonds is 10. The summed E-state index contributed by atoms with van der Waals surface area (Å²) in [6, 6.07) is 0. The Hall–Kier alpha value is -1.49. The molecule has 0 heterocycles. The van der Waals surface area contributed by atoms with Crippen LogP contribution in [0.15, 0.2) is 0 Å². The average Bonchev–Trinajstić information content (AvgIpc) is 2.49.